The SMILES string of the molecule is CCOc1ccccc1C1CC(c2ccc(N)cc2)=NN1C(=O)CC. The number of amides is 1. The second kappa shape index (κ2) is 7.38. The number of ether oxygens (including phenoxy) is 1. The molecule has 1 aliphatic rings. The Morgan fingerprint density at radius 3 is 2.60 bits per heavy atom. The average molecular weight is 337 g/mol. The van der Waals surface area contributed by atoms with Crippen molar-refractivity contribution in [1.29, 1.82) is 0 Å². The first-order valence-corrected chi connectivity index (χ1v) is 8.61. The lowest BCUT2D eigenvalue weighted by Crippen LogP contribution is -2.26. The van der Waals surface area contributed by atoms with E-state index < -0.39 is 0 Å². The van der Waals surface area contributed by atoms with Gasteiger partial charge in [-0.3, -0.25) is 4.79 Å². The van der Waals surface area contributed by atoms with Crippen LogP contribution in [0.15, 0.2) is 53.6 Å². The number of hydrogen-bond acceptors (Lipinski definition) is 4. The van der Waals surface area contributed by atoms with E-state index >= 15 is 0 Å². The zero-order valence-electron chi connectivity index (χ0n) is 14.6. The first kappa shape index (κ1) is 17.0. The lowest BCUT2D eigenvalue weighted by atomic mass is 9.97. The van der Waals surface area contributed by atoms with Crippen LogP contribution in [0, 0.1) is 0 Å². The smallest absolute Gasteiger partial charge is 0.242 e. The van der Waals surface area contributed by atoms with Gasteiger partial charge in [-0.2, -0.15) is 5.10 Å². The average Bonchev–Trinajstić information content (AvgIpc) is 3.07. The molecule has 5 heteroatoms. The van der Waals surface area contributed by atoms with Crippen molar-refractivity contribution in [3.63, 3.8) is 0 Å². The molecule has 1 aliphatic heterocycles. The number of nitrogens with two attached hydrogens (primary N) is 1. The number of anilines is 1. The molecule has 1 amide bonds. The fraction of sp³-hybridized carbons (Fsp3) is 0.300. The van der Waals surface area contributed by atoms with Crippen LogP contribution < -0.4 is 10.5 Å². The number of nitrogen functional groups attached to an aromatic ring is 1. The minimum absolute atomic E-state index is 0.00162. The van der Waals surface area contributed by atoms with E-state index in [1.165, 1.54) is 0 Å². The lowest BCUT2D eigenvalue weighted by molar-refractivity contribution is -0.132. The van der Waals surface area contributed by atoms with E-state index in [0.717, 1.165) is 22.6 Å². The molecule has 5 nitrogen and oxygen atoms in total. The van der Waals surface area contributed by atoms with Gasteiger partial charge >= 0.3 is 0 Å². The maximum atomic E-state index is 12.5. The molecule has 0 fully saturated rings. The molecule has 0 saturated carbocycles. The van der Waals surface area contributed by atoms with Crippen LogP contribution in [0.3, 0.4) is 0 Å². The third-order valence-electron chi connectivity index (χ3n) is 4.29. The monoisotopic (exact) mass is 337 g/mol. The molecule has 1 unspecified atom stereocenters. The van der Waals surface area contributed by atoms with Crippen molar-refractivity contribution >= 4 is 17.3 Å². The molecular formula is C20H23N3O2. The maximum Gasteiger partial charge on any atom is 0.242 e. The second-order valence-electron chi connectivity index (χ2n) is 5.95. The van der Waals surface area contributed by atoms with E-state index in [-0.39, 0.29) is 11.9 Å². The number of hydrazone groups is 1. The molecule has 0 radical (unpaired) electrons. The van der Waals surface area contributed by atoms with Crippen LogP contribution in [0.4, 0.5) is 5.69 Å². The number of nitrogens with zero attached hydrogens (tertiary/aromatic N) is 2. The minimum atomic E-state index is -0.150. The zero-order valence-corrected chi connectivity index (χ0v) is 14.6. The normalized spacial score (nSPS) is 16.6. The van der Waals surface area contributed by atoms with Gasteiger partial charge in [-0.05, 0) is 30.7 Å². The Balaban J connectivity index is 1.97. The summed E-state index contributed by atoms with van der Waals surface area (Å²) in [6.45, 7) is 4.39. The first-order valence-electron chi connectivity index (χ1n) is 8.61. The molecule has 0 aromatic heterocycles. The number of carbonyl (C=O) groups is 1. The van der Waals surface area contributed by atoms with E-state index in [2.05, 4.69) is 5.10 Å². The fourth-order valence-electron chi connectivity index (χ4n) is 3.04. The van der Waals surface area contributed by atoms with Crippen LogP contribution in [-0.4, -0.2) is 23.2 Å². The molecule has 25 heavy (non-hydrogen) atoms. The summed E-state index contributed by atoms with van der Waals surface area (Å²) in [6, 6.07) is 15.3. The predicted molar refractivity (Wildman–Crippen MR) is 99.5 cm³/mol. The molecular weight excluding hydrogens is 314 g/mol. The fourth-order valence-corrected chi connectivity index (χ4v) is 3.04. The molecule has 0 saturated heterocycles. The molecule has 0 bridgehead atoms. The van der Waals surface area contributed by atoms with Crippen molar-refractivity contribution in [2.75, 3.05) is 12.3 Å². The Morgan fingerprint density at radius 1 is 1.20 bits per heavy atom. The molecule has 1 heterocycles. The Hall–Kier alpha value is -2.82. The number of para-hydroxylation sites is 1. The van der Waals surface area contributed by atoms with E-state index in [1.807, 2.05) is 62.4 Å². The molecule has 0 spiro atoms. The topological polar surface area (TPSA) is 67.9 Å². The van der Waals surface area contributed by atoms with Gasteiger partial charge in [0.2, 0.25) is 5.91 Å². The van der Waals surface area contributed by atoms with Crippen molar-refractivity contribution in [1.82, 2.24) is 5.01 Å². The lowest BCUT2D eigenvalue weighted by Gasteiger charge is -2.23. The van der Waals surface area contributed by atoms with Crippen molar-refractivity contribution < 1.29 is 9.53 Å². The quantitative estimate of drug-likeness (QED) is 0.845. The minimum Gasteiger partial charge on any atom is -0.494 e. The third-order valence-corrected chi connectivity index (χ3v) is 4.29. The summed E-state index contributed by atoms with van der Waals surface area (Å²) in [5.74, 6) is 0.805. The van der Waals surface area contributed by atoms with Crippen molar-refractivity contribution in [3.05, 3.63) is 59.7 Å². The van der Waals surface area contributed by atoms with Crippen LogP contribution in [0.2, 0.25) is 0 Å². The third kappa shape index (κ3) is 3.50. The highest BCUT2D eigenvalue weighted by molar-refractivity contribution is 6.03. The molecule has 1 atom stereocenters. The van der Waals surface area contributed by atoms with Gasteiger partial charge < -0.3 is 10.5 Å². The molecule has 2 aromatic rings. The summed E-state index contributed by atoms with van der Waals surface area (Å²) in [5, 5.41) is 6.22. The highest BCUT2D eigenvalue weighted by Crippen LogP contribution is 2.37. The van der Waals surface area contributed by atoms with Crippen LogP contribution in [0.25, 0.3) is 0 Å². The van der Waals surface area contributed by atoms with Crippen LogP contribution >= 0.6 is 0 Å². The Labute approximate surface area is 148 Å². The second-order valence-corrected chi connectivity index (χ2v) is 5.95. The van der Waals surface area contributed by atoms with Gasteiger partial charge in [-0.1, -0.05) is 37.3 Å². The summed E-state index contributed by atoms with van der Waals surface area (Å²) in [7, 11) is 0. The van der Waals surface area contributed by atoms with Gasteiger partial charge in [-0.25, -0.2) is 5.01 Å². The van der Waals surface area contributed by atoms with Gasteiger partial charge in [0.25, 0.3) is 0 Å². The highest BCUT2D eigenvalue weighted by atomic mass is 16.5. The summed E-state index contributed by atoms with van der Waals surface area (Å²) in [6.07, 6.45) is 1.06. The summed E-state index contributed by atoms with van der Waals surface area (Å²) in [5.41, 5.74) is 9.34. The van der Waals surface area contributed by atoms with Gasteiger partial charge in [-0.15, -0.1) is 0 Å². The van der Waals surface area contributed by atoms with Crippen LogP contribution in [0.1, 0.15) is 43.9 Å². The van der Waals surface area contributed by atoms with E-state index in [9.17, 15) is 4.79 Å². The van der Waals surface area contributed by atoms with Gasteiger partial charge in [0.05, 0.1) is 18.4 Å². The van der Waals surface area contributed by atoms with Crippen LogP contribution in [0.5, 0.6) is 5.75 Å². The van der Waals surface area contributed by atoms with Gasteiger partial charge in [0, 0.05) is 24.1 Å². The molecule has 2 N–H and O–H groups in total. The number of hydrogen-bond donors (Lipinski definition) is 1. The number of carbonyl (C=O) groups excluding carboxylic acids is 1. The summed E-state index contributed by atoms with van der Waals surface area (Å²) >= 11 is 0. The van der Waals surface area contributed by atoms with E-state index in [0.29, 0.717) is 25.1 Å². The van der Waals surface area contributed by atoms with Crippen molar-refractivity contribution in [2.24, 2.45) is 5.10 Å². The predicted octanol–water partition coefficient (Wildman–Crippen LogP) is 3.76. The van der Waals surface area contributed by atoms with Crippen LogP contribution in [-0.2, 0) is 4.79 Å². The number of rotatable bonds is 5. The van der Waals surface area contributed by atoms with Gasteiger partial charge in [0.15, 0.2) is 0 Å². The Morgan fingerprint density at radius 2 is 1.92 bits per heavy atom. The summed E-state index contributed by atoms with van der Waals surface area (Å²) < 4.78 is 5.76. The van der Waals surface area contributed by atoms with Gasteiger partial charge in [0.1, 0.15) is 5.75 Å². The highest BCUT2D eigenvalue weighted by Gasteiger charge is 2.33. The van der Waals surface area contributed by atoms with Crippen molar-refractivity contribution in [2.45, 2.75) is 32.7 Å². The first-order chi connectivity index (χ1) is 12.1. The molecule has 2 aromatic carbocycles. The molecule has 130 valence electrons. The maximum absolute atomic E-state index is 12.5. The molecule has 3 rings (SSSR count). The number of benzene rings is 2. The van der Waals surface area contributed by atoms with Crippen molar-refractivity contribution in [3.8, 4) is 5.75 Å². The largest absolute Gasteiger partial charge is 0.494 e. The van der Waals surface area contributed by atoms with E-state index in [1.54, 1.807) is 5.01 Å². The molecule has 0 aliphatic carbocycles. The Bertz CT molecular complexity index is 784. The van der Waals surface area contributed by atoms with E-state index in [4.69, 9.17) is 10.5 Å². The standard InChI is InChI=1S/C20H23N3O2/c1-3-20(24)23-18(16-7-5-6-8-19(16)25-4-2)13-17(22-23)14-9-11-15(21)12-10-14/h5-12,18H,3-4,13,21H2,1-2H3. The Kier molecular flexibility index (Phi) is 5.03. The zero-order chi connectivity index (χ0) is 17.8. The summed E-state index contributed by atoms with van der Waals surface area (Å²) in [4.78, 5) is 12.5.